The SMILES string of the molecule is CC(c1cccc([N+](=O)[O-])c1)N1CCC2CNCC2C1.Cl. The molecule has 0 aromatic heterocycles. The molecule has 6 heteroatoms. The van der Waals surface area contributed by atoms with Gasteiger partial charge in [0.1, 0.15) is 0 Å². The third-order valence-corrected chi connectivity index (χ3v) is 4.85. The van der Waals surface area contributed by atoms with Crippen molar-refractivity contribution in [2.45, 2.75) is 19.4 Å². The molecule has 3 atom stereocenters. The molecule has 0 radical (unpaired) electrons. The van der Waals surface area contributed by atoms with E-state index in [2.05, 4.69) is 17.1 Å². The molecule has 0 amide bonds. The number of hydrogen-bond acceptors (Lipinski definition) is 4. The lowest BCUT2D eigenvalue weighted by atomic mass is 9.87. The number of fused-ring (bicyclic) bond motifs is 1. The number of rotatable bonds is 3. The van der Waals surface area contributed by atoms with Crippen LogP contribution in [0.2, 0.25) is 0 Å². The van der Waals surface area contributed by atoms with E-state index in [-0.39, 0.29) is 29.1 Å². The molecule has 2 aliphatic heterocycles. The van der Waals surface area contributed by atoms with Crippen LogP contribution < -0.4 is 5.32 Å². The first-order valence-corrected chi connectivity index (χ1v) is 7.34. The lowest BCUT2D eigenvalue weighted by Crippen LogP contribution is -2.41. The summed E-state index contributed by atoms with van der Waals surface area (Å²) in [6.45, 7) is 6.61. The highest BCUT2D eigenvalue weighted by Crippen LogP contribution is 2.32. The van der Waals surface area contributed by atoms with Gasteiger partial charge in [-0.05, 0) is 50.4 Å². The minimum atomic E-state index is -0.316. The Morgan fingerprint density at radius 1 is 1.38 bits per heavy atom. The highest BCUT2D eigenvalue weighted by atomic mass is 35.5. The number of likely N-dealkylation sites (tertiary alicyclic amines) is 1. The standard InChI is InChI=1S/C15H21N3O2.ClH/c1-11(12-3-2-4-15(7-12)18(19)20)17-6-5-13-8-16-9-14(13)10-17;/h2-4,7,11,13-14,16H,5-6,8-10H2,1H3;1H. The molecular weight excluding hydrogens is 290 g/mol. The van der Waals surface area contributed by atoms with E-state index in [4.69, 9.17) is 0 Å². The Morgan fingerprint density at radius 3 is 2.90 bits per heavy atom. The van der Waals surface area contributed by atoms with Gasteiger partial charge in [-0.2, -0.15) is 0 Å². The number of nitrogens with one attached hydrogen (secondary N) is 1. The van der Waals surface area contributed by atoms with E-state index in [1.165, 1.54) is 6.42 Å². The minimum absolute atomic E-state index is 0. The highest BCUT2D eigenvalue weighted by Gasteiger charge is 2.34. The predicted molar refractivity (Wildman–Crippen MR) is 84.8 cm³/mol. The molecular formula is C15H22ClN3O2. The first-order chi connectivity index (χ1) is 9.65. The van der Waals surface area contributed by atoms with Crippen LogP contribution in [0.1, 0.15) is 24.9 Å². The normalized spacial score (nSPS) is 26.7. The summed E-state index contributed by atoms with van der Waals surface area (Å²) in [6.07, 6.45) is 1.23. The third kappa shape index (κ3) is 3.36. The summed E-state index contributed by atoms with van der Waals surface area (Å²) in [7, 11) is 0. The van der Waals surface area contributed by atoms with E-state index in [9.17, 15) is 10.1 Å². The van der Waals surface area contributed by atoms with Crippen LogP contribution in [-0.4, -0.2) is 36.0 Å². The Balaban J connectivity index is 0.00000161. The fourth-order valence-electron chi connectivity index (χ4n) is 3.52. The van der Waals surface area contributed by atoms with Crippen molar-refractivity contribution < 1.29 is 4.92 Å². The van der Waals surface area contributed by atoms with Gasteiger partial charge in [0.25, 0.3) is 5.69 Å². The summed E-state index contributed by atoms with van der Waals surface area (Å²) in [4.78, 5) is 13.0. The highest BCUT2D eigenvalue weighted by molar-refractivity contribution is 5.85. The second kappa shape index (κ2) is 6.73. The molecule has 3 rings (SSSR count). The van der Waals surface area contributed by atoms with Crippen molar-refractivity contribution in [3.05, 3.63) is 39.9 Å². The van der Waals surface area contributed by atoms with Gasteiger partial charge in [-0.15, -0.1) is 12.4 Å². The van der Waals surface area contributed by atoms with Crippen molar-refractivity contribution in [2.24, 2.45) is 11.8 Å². The molecule has 2 fully saturated rings. The Morgan fingerprint density at radius 2 is 2.14 bits per heavy atom. The summed E-state index contributed by atoms with van der Waals surface area (Å²) in [5.41, 5.74) is 1.23. The number of non-ortho nitro benzene ring substituents is 1. The first kappa shape index (κ1) is 16.2. The third-order valence-electron chi connectivity index (χ3n) is 4.85. The molecule has 116 valence electrons. The first-order valence-electron chi connectivity index (χ1n) is 7.34. The van der Waals surface area contributed by atoms with Gasteiger partial charge < -0.3 is 5.32 Å². The van der Waals surface area contributed by atoms with E-state index in [0.717, 1.165) is 43.6 Å². The summed E-state index contributed by atoms with van der Waals surface area (Å²) >= 11 is 0. The number of piperidine rings is 1. The molecule has 1 aromatic carbocycles. The largest absolute Gasteiger partial charge is 0.316 e. The molecule has 5 nitrogen and oxygen atoms in total. The monoisotopic (exact) mass is 311 g/mol. The number of nitro benzene ring substituents is 1. The maximum Gasteiger partial charge on any atom is 0.269 e. The lowest BCUT2D eigenvalue weighted by Gasteiger charge is -2.38. The van der Waals surface area contributed by atoms with Gasteiger partial charge in [-0.3, -0.25) is 15.0 Å². The second-order valence-electron chi connectivity index (χ2n) is 5.99. The number of nitrogens with zero attached hydrogens (tertiary/aromatic N) is 2. The quantitative estimate of drug-likeness (QED) is 0.688. The second-order valence-corrected chi connectivity index (χ2v) is 5.99. The van der Waals surface area contributed by atoms with Crippen molar-refractivity contribution in [3.8, 4) is 0 Å². The zero-order valence-electron chi connectivity index (χ0n) is 12.2. The molecule has 2 aliphatic rings. The van der Waals surface area contributed by atoms with Gasteiger partial charge in [0.2, 0.25) is 0 Å². The van der Waals surface area contributed by atoms with E-state index in [0.29, 0.717) is 0 Å². The number of halogens is 1. The Bertz CT molecular complexity index is 511. The van der Waals surface area contributed by atoms with Crippen molar-refractivity contribution in [2.75, 3.05) is 26.2 Å². The average Bonchev–Trinajstić information content (AvgIpc) is 2.94. The van der Waals surface area contributed by atoms with Crippen LogP contribution in [0.3, 0.4) is 0 Å². The molecule has 3 unspecified atom stereocenters. The Kier molecular flexibility index (Phi) is 5.19. The average molecular weight is 312 g/mol. The van der Waals surface area contributed by atoms with E-state index in [1.54, 1.807) is 18.2 Å². The van der Waals surface area contributed by atoms with Crippen molar-refractivity contribution in [3.63, 3.8) is 0 Å². The van der Waals surface area contributed by atoms with Crippen LogP contribution in [0.25, 0.3) is 0 Å². The molecule has 21 heavy (non-hydrogen) atoms. The molecule has 0 bridgehead atoms. The van der Waals surface area contributed by atoms with E-state index < -0.39 is 0 Å². The molecule has 0 spiro atoms. The fourth-order valence-corrected chi connectivity index (χ4v) is 3.52. The van der Waals surface area contributed by atoms with Gasteiger partial charge >= 0.3 is 0 Å². The molecule has 0 aliphatic carbocycles. The van der Waals surface area contributed by atoms with Gasteiger partial charge in [0.05, 0.1) is 4.92 Å². The fraction of sp³-hybridized carbons (Fsp3) is 0.600. The van der Waals surface area contributed by atoms with Gasteiger partial charge in [0, 0.05) is 24.7 Å². The number of hydrogen-bond donors (Lipinski definition) is 1. The number of benzene rings is 1. The van der Waals surface area contributed by atoms with Gasteiger partial charge in [-0.25, -0.2) is 0 Å². The summed E-state index contributed by atoms with van der Waals surface area (Å²) in [5, 5.41) is 14.4. The van der Waals surface area contributed by atoms with Crippen LogP contribution in [0.4, 0.5) is 5.69 Å². The van der Waals surface area contributed by atoms with Crippen molar-refractivity contribution in [1.29, 1.82) is 0 Å². The van der Waals surface area contributed by atoms with Crippen molar-refractivity contribution in [1.82, 2.24) is 10.2 Å². The van der Waals surface area contributed by atoms with E-state index in [1.807, 2.05) is 6.07 Å². The zero-order valence-corrected chi connectivity index (χ0v) is 13.0. The maximum atomic E-state index is 10.9. The van der Waals surface area contributed by atoms with Gasteiger partial charge in [0.15, 0.2) is 0 Å². The predicted octanol–water partition coefficient (Wildman–Crippen LogP) is 2.62. The smallest absolute Gasteiger partial charge is 0.269 e. The minimum Gasteiger partial charge on any atom is -0.316 e. The topological polar surface area (TPSA) is 58.4 Å². The van der Waals surface area contributed by atoms with E-state index >= 15 is 0 Å². The van der Waals surface area contributed by atoms with Crippen molar-refractivity contribution >= 4 is 18.1 Å². The molecule has 0 saturated carbocycles. The number of nitro groups is 1. The van der Waals surface area contributed by atoms with Crippen LogP contribution in [0.15, 0.2) is 24.3 Å². The van der Waals surface area contributed by atoms with Crippen LogP contribution in [-0.2, 0) is 0 Å². The van der Waals surface area contributed by atoms with Crippen LogP contribution in [0, 0.1) is 22.0 Å². The van der Waals surface area contributed by atoms with Crippen LogP contribution >= 0.6 is 12.4 Å². The maximum absolute atomic E-state index is 10.9. The molecule has 2 saturated heterocycles. The Hall–Kier alpha value is -1.17. The van der Waals surface area contributed by atoms with Gasteiger partial charge in [-0.1, -0.05) is 12.1 Å². The van der Waals surface area contributed by atoms with Crippen LogP contribution in [0.5, 0.6) is 0 Å². The molecule has 2 heterocycles. The molecule has 1 N–H and O–H groups in total. The zero-order chi connectivity index (χ0) is 14.1. The summed E-state index contributed by atoms with van der Waals surface area (Å²) < 4.78 is 0. The Labute approximate surface area is 131 Å². The lowest BCUT2D eigenvalue weighted by molar-refractivity contribution is -0.385. The molecule has 1 aromatic rings. The summed E-state index contributed by atoms with van der Waals surface area (Å²) in [5.74, 6) is 1.56. The summed E-state index contributed by atoms with van der Waals surface area (Å²) in [6, 6.07) is 7.30.